The molecular weight excluding hydrogens is 485 g/mol. The van der Waals surface area contributed by atoms with E-state index >= 15 is 4.39 Å². The number of hydrogen-bond donors (Lipinski definition) is 0. The van der Waals surface area contributed by atoms with Crippen molar-refractivity contribution < 1.29 is 22.6 Å². The lowest BCUT2D eigenvalue weighted by Gasteiger charge is -2.28. The van der Waals surface area contributed by atoms with Gasteiger partial charge in [0.25, 0.3) is 0 Å². The molecule has 1 aromatic carbocycles. The quantitative estimate of drug-likeness (QED) is 0.333. The molecule has 4 aromatic rings. The maximum absolute atomic E-state index is 15.2. The zero-order chi connectivity index (χ0) is 25.7. The summed E-state index contributed by atoms with van der Waals surface area (Å²) in [6, 6.07) is 4.06. The highest BCUT2D eigenvalue weighted by Gasteiger charge is 2.31. The molecule has 6 rings (SSSR count). The van der Waals surface area contributed by atoms with Crippen LogP contribution in [0, 0.1) is 19.7 Å². The Morgan fingerprint density at radius 2 is 1.86 bits per heavy atom. The van der Waals surface area contributed by atoms with Crippen molar-refractivity contribution in [2.75, 3.05) is 6.61 Å². The monoisotopic (exact) mass is 510 g/mol. The van der Waals surface area contributed by atoms with E-state index in [0.29, 0.717) is 53.9 Å². The normalized spacial score (nSPS) is 20.1. The molecular formula is C26H25F3N6O2. The van der Waals surface area contributed by atoms with E-state index in [1.165, 1.54) is 12.1 Å². The summed E-state index contributed by atoms with van der Waals surface area (Å²) in [5, 5.41) is 4.49. The molecule has 192 valence electrons. The van der Waals surface area contributed by atoms with Crippen LogP contribution in [0.2, 0.25) is 0 Å². The molecule has 1 saturated heterocycles. The van der Waals surface area contributed by atoms with Crippen molar-refractivity contribution in [3.05, 3.63) is 59.2 Å². The Morgan fingerprint density at radius 3 is 2.62 bits per heavy atom. The highest BCUT2D eigenvalue weighted by atomic mass is 19.3. The summed E-state index contributed by atoms with van der Waals surface area (Å²) >= 11 is 0. The molecule has 2 fully saturated rings. The van der Waals surface area contributed by atoms with Crippen molar-refractivity contribution >= 4 is 11.2 Å². The van der Waals surface area contributed by atoms with Gasteiger partial charge in [-0.05, 0) is 51.7 Å². The fraction of sp³-hybridized carbons (Fsp3) is 0.423. The summed E-state index contributed by atoms with van der Waals surface area (Å²) in [5.74, 6) is -0.553. The molecule has 0 N–H and O–H groups in total. The van der Waals surface area contributed by atoms with Crippen molar-refractivity contribution in [2.24, 2.45) is 0 Å². The van der Waals surface area contributed by atoms with Crippen LogP contribution in [-0.4, -0.2) is 42.9 Å². The molecule has 1 aliphatic heterocycles. The predicted molar refractivity (Wildman–Crippen MR) is 128 cm³/mol. The average molecular weight is 511 g/mol. The molecule has 0 radical (unpaired) electrons. The number of alkyl halides is 2. The standard InChI is InChI=1S/C26H25F3N6O2/c1-13-14(2)32-25-23(31-13)22(19-6-5-18(10-20(19)27)37-26(28)29)33-24(34-25)15-7-8-36-21(9-15)16-11-30-35(12-16)17-3-4-17/h5-6,10-12,15,17,21,26H,3-4,7-9H2,1-2H3/t15?,21-/m1/s1. The summed E-state index contributed by atoms with van der Waals surface area (Å²) in [5.41, 5.74) is 3.49. The minimum absolute atomic E-state index is 0.0564. The van der Waals surface area contributed by atoms with Crippen LogP contribution < -0.4 is 4.74 Å². The van der Waals surface area contributed by atoms with Crippen LogP contribution in [0.4, 0.5) is 13.2 Å². The summed E-state index contributed by atoms with van der Waals surface area (Å²) < 4.78 is 52.8. The third kappa shape index (κ3) is 4.75. The zero-order valence-corrected chi connectivity index (χ0v) is 20.4. The molecule has 0 bridgehead atoms. The van der Waals surface area contributed by atoms with E-state index in [2.05, 4.69) is 19.8 Å². The first-order chi connectivity index (χ1) is 17.9. The van der Waals surface area contributed by atoms with Crippen LogP contribution >= 0.6 is 0 Å². The van der Waals surface area contributed by atoms with Gasteiger partial charge in [0.1, 0.15) is 28.6 Å². The lowest BCUT2D eigenvalue weighted by Crippen LogP contribution is -2.20. The molecule has 3 aromatic heterocycles. The third-order valence-electron chi connectivity index (χ3n) is 6.94. The topological polar surface area (TPSA) is 87.8 Å². The Hall–Kier alpha value is -3.60. The predicted octanol–water partition coefficient (Wildman–Crippen LogP) is 5.61. The second kappa shape index (κ2) is 9.37. The SMILES string of the molecule is Cc1nc2nc(C3CCO[C@@H](c4cnn(C5CC5)c4)C3)nc(-c3ccc(OC(F)F)cc3F)c2nc1C. The van der Waals surface area contributed by atoms with Gasteiger partial charge in [-0.25, -0.2) is 24.3 Å². The largest absolute Gasteiger partial charge is 0.435 e. The lowest BCUT2D eigenvalue weighted by molar-refractivity contribution is -0.0499. The van der Waals surface area contributed by atoms with Gasteiger partial charge in [-0.15, -0.1) is 0 Å². The van der Waals surface area contributed by atoms with Crippen LogP contribution in [0.1, 0.15) is 66.5 Å². The van der Waals surface area contributed by atoms with Gasteiger partial charge in [0.2, 0.25) is 0 Å². The van der Waals surface area contributed by atoms with Crippen LogP contribution in [0.15, 0.2) is 30.6 Å². The minimum Gasteiger partial charge on any atom is -0.435 e. The second-order valence-corrected chi connectivity index (χ2v) is 9.58. The van der Waals surface area contributed by atoms with Crippen molar-refractivity contribution in [1.82, 2.24) is 29.7 Å². The van der Waals surface area contributed by atoms with E-state index in [1.54, 1.807) is 6.92 Å². The van der Waals surface area contributed by atoms with Gasteiger partial charge < -0.3 is 9.47 Å². The Labute approximate surface area is 210 Å². The van der Waals surface area contributed by atoms with E-state index in [4.69, 9.17) is 14.7 Å². The van der Waals surface area contributed by atoms with Gasteiger partial charge in [-0.3, -0.25) is 4.68 Å². The Kier molecular flexibility index (Phi) is 6.02. The molecule has 1 aliphatic carbocycles. The molecule has 8 nitrogen and oxygen atoms in total. The van der Waals surface area contributed by atoms with Gasteiger partial charge in [-0.1, -0.05) is 0 Å². The fourth-order valence-electron chi connectivity index (χ4n) is 4.68. The number of rotatable bonds is 6. The number of fused-ring (bicyclic) bond motifs is 1. The van der Waals surface area contributed by atoms with E-state index in [1.807, 2.05) is 24.0 Å². The smallest absolute Gasteiger partial charge is 0.387 e. The van der Waals surface area contributed by atoms with Crippen molar-refractivity contribution in [1.29, 1.82) is 0 Å². The number of halogens is 3. The number of nitrogens with zero attached hydrogens (tertiary/aromatic N) is 6. The van der Waals surface area contributed by atoms with E-state index < -0.39 is 12.4 Å². The zero-order valence-electron chi connectivity index (χ0n) is 20.4. The number of aryl methyl sites for hydroxylation is 2. The molecule has 0 spiro atoms. The minimum atomic E-state index is -3.05. The summed E-state index contributed by atoms with van der Waals surface area (Å²) in [6.07, 6.45) is 7.39. The van der Waals surface area contributed by atoms with Crippen LogP contribution in [0.3, 0.4) is 0 Å². The summed E-state index contributed by atoms with van der Waals surface area (Å²) in [4.78, 5) is 18.7. The number of ether oxygens (including phenoxy) is 2. The van der Waals surface area contributed by atoms with Crippen LogP contribution in [-0.2, 0) is 4.74 Å². The maximum Gasteiger partial charge on any atom is 0.387 e. The van der Waals surface area contributed by atoms with Crippen molar-refractivity contribution in [3.8, 4) is 17.0 Å². The molecule has 1 saturated carbocycles. The number of aromatic nitrogens is 6. The van der Waals surface area contributed by atoms with E-state index in [0.717, 1.165) is 24.5 Å². The Bertz CT molecular complexity index is 1470. The number of hydrogen-bond acceptors (Lipinski definition) is 7. The van der Waals surface area contributed by atoms with Gasteiger partial charge in [0, 0.05) is 35.9 Å². The molecule has 2 atom stereocenters. The first-order valence-electron chi connectivity index (χ1n) is 12.3. The lowest BCUT2D eigenvalue weighted by atomic mass is 9.92. The summed E-state index contributed by atoms with van der Waals surface area (Å²) in [6.45, 7) is 1.11. The van der Waals surface area contributed by atoms with Gasteiger partial charge in [0.15, 0.2) is 5.65 Å². The molecule has 11 heteroatoms. The van der Waals surface area contributed by atoms with Crippen molar-refractivity contribution in [2.45, 2.75) is 64.2 Å². The first-order valence-corrected chi connectivity index (χ1v) is 12.3. The van der Waals surface area contributed by atoms with Gasteiger partial charge in [0.05, 0.1) is 29.7 Å². The molecule has 4 heterocycles. The molecule has 2 aliphatic rings. The van der Waals surface area contributed by atoms with Gasteiger partial charge >= 0.3 is 6.61 Å². The summed E-state index contributed by atoms with van der Waals surface area (Å²) in [7, 11) is 0. The fourth-order valence-corrected chi connectivity index (χ4v) is 4.68. The van der Waals surface area contributed by atoms with Crippen LogP contribution in [0.5, 0.6) is 5.75 Å². The first kappa shape index (κ1) is 23.8. The highest BCUT2D eigenvalue weighted by molar-refractivity contribution is 5.87. The molecule has 0 amide bonds. The average Bonchev–Trinajstić information content (AvgIpc) is 3.60. The second-order valence-electron chi connectivity index (χ2n) is 9.58. The molecule has 37 heavy (non-hydrogen) atoms. The molecule has 1 unspecified atom stereocenters. The van der Waals surface area contributed by atoms with Gasteiger partial charge in [-0.2, -0.15) is 13.9 Å². The number of benzene rings is 1. The Balaban J connectivity index is 1.39. The van der Waals surface area contributed by atoms with E-state index in [-0.39, 0.29) is 29.0 Å². The van der Waals surface area contributed by atoms with Crippen molar-refractivity contribution in [3.63, 3.8) is 0 Å². The Morgan fingerprint density at radius 1 is 1.05 bits per heavy atom. The highest BCUT2D eigenvalue weighted by Crippen LogP contribution is 2.40. The maximum atomic E-state index is 15.2. The van der Waals surface area contributed by atoms with Crippen LogP contribution in [0.25, 0.3) is 22.4 Å². The third-order valence-corrected chi connectivity index (χ3v) is 6.94. The van der Waals surface area contributed by atoms with E-state index in [9.17, 15) is 8.78 Å².